The van der Waals surface area contributed by atoms with E-state index in [1.165, 1.54) is 12.3 Å². The van der Waals surface area contributed by atoms with E-state index < -0.39 is 17.1 Å². The molecule has 1 aliphatic rings. The van der Waals surface area contributed by atoms with Crippen LogP contribution in [0.5, 0.6) is 0 Å². The van der Waals surface area contributed by atoms with E-state index in [2.05, 4.69) is 9.97 Å². The van der Waals surface area contributed by atoms with E-state index in [1.807, 2.05) is 0 Å². The summed E-state index contributed by atoms with van der Waals surface area (Å²) in [7, 11) is 0. The lowest BCUT2D eigenvalue weighted by Gasteiger charge is -2.36. The number of ether oxygens (including phenoxy) is 1. The highest BCUT2D eigenvalue weighted by Gasteiger charge is 2.48. The number of carbonyl (C=O) groups is 1. The first kappa shape index (κ1) is 8.89. The standard InChI is InChI=1S/C8H8N2O4/c11-6(12)8(3-14-4-8)5-1-2-9-7(13)10-5/h1-2H,3-4H2,(H,11,12)(H,9,10,13). The van der Waals surface area contributed by atoms with Crippen LogP contribution in [0, 0.1) is 0 Å². The lowest BCUT2D eigenvalue weighted by molar-refractivity contribution is -0.163. The van der Waals surface area contributed by atoms with E-state index >= 15 is 0 Å². The first-order valence-electron chi connectivity index (χ1n) is 4.02. The van der Waals surface area contributed by atoms with E-state index in [1.54, 1.807) is 0 Å². The van der Waals surface area contributed by atoms with Crippen LogP contribution in [0.3, 0.4) is 0 Å². The number of hydrogen-bond donors (Lipinski definition) is 2. The Kier molecular flexibility index (Phi) is 1.85. The second-order valence-electron chi connectivity index (χ2n) is 3.17. The molecule has 1 aromatic rings. The van der Waals surface area contributed by atoms with Crippen LogP contribution < -0.4 is 5.69 Å². The van der Waals surface area contributed by atoms with E-state index in [4.69, 9.17) is 9.84 Å². The molecular weight excluding hydrogens is 188 g/mol. The molecule has 1 saturated heterocycles. The number of aromatic nitrogens is 2. The Morgan fingerprint density at radius 2 is 2.36 bits per heavy atom. The molecule has 0 bridgehead atoms. The largest absolute Gasteiger partial charge is 0.480 e. The molecule has 1 fully saturated rings. The van der Waals surface area contributed by atoms with E-state index in [-0.39, 0.29) is 13.2 Å². The van der Waals surface area contributed by atoms with Crippen molar-refractivity contribution in [3.05, 3.63) is 28.4 Å². The summed E-state index contributed by atoms with van der Waals surface area (Å²) >= 11 is 0. The average molecular weight is 196 g/mol. The molecule has 2 N–H and O–H groups in total. The van der Waals surface area contributed by atoms with Crippen molar-refractivity contribution in [3.8, 4) is 0 Å². The molecule has 1 aliphatic heterocycles. The molecule has 1 aromatic heterocycles. The summed E-state index contributed by atoms with van der Waals surface area (Å²) in [5.41, 5.74) is -1.30. The van der Waals surface area contributed by atoms with Crippen LogP contribution in [0.2, 0.25) is 0 Å². The Bertz CT molecular complexity index is 421. The Morgan fingerprint density at radius 1 is 1.64 bits per heavy atom. The topological polar surface area (TPSA) is 92.3 Å². The third-order valence-corrected chi connectivity index (χ3v) is 2.30. The van der Waals surface area contributed by atoms with Gasteiger partial charge in [-0.15, -0.1) is 0 Å². The molecule has 0 saturated carbocycles. The second kappa shape index (κ2) is 2.91. The number of aliphatic carboxylic acids is 1. The maximum atomic E-state index is 11.0. The Labute approximate surface area is 78.6 Å². The molecule has 2 rings (SSSR count). The van der Waals surface area contributed by atoms with Gasteiger partial charge in [-0.1, -0.05) is 0 Å². The zero-order chi connectivity index (χ0) is 10.2. The minimum atomic E-state index is -1.10. The molecule has 2 heterocycles. The summed E-state index contributed by atoms with van der Waals surface area (Å²) in [5, 5.41) is 9.01. The van der Waals surface area contributed by atoms with E-state index in [0.29, 0.717) is 5.69 Å². The fourth-order valence-electron chi connectivity index (χ4n) is 1.35. The molecule has 0 aromatic carbocycles. The Balaban J connectivity index is 2.47. The highest BCUT2D eigenvalue weighted by atomic mass is 16.5. The fourth-order valence-corrected chi connectivity index (χ4v) is 1.35. The summed E-state index contributed by atoms with van der Waals surface area (Å²) < 4.78 is 4.87. The minimum absolute atomic E-state index is 0.0856. The van der Waals surface area contributed by atoms with Gasteiger partial charge in [0.2, 0.25) is 0 Å². The summed E-state index contributed by atoms with van der Waals surface area (Å²) in [5.74, 6) is -0.995. The van der Waals surface area contributed by atoms with Crippen molar-refractivity contribution in [3.63, 3.8) is 0 Å². The van der Waals surface area contributed by atoms with Gasteiger partial charge in [0.15, 0.2) is 5.41 Å². The number of nitrogens with one attached hydrogen (secondary N) is 1. The molecule has 0 aliphatic carbocycles. The van der Waals surface area contributed by atoms with Gasteiger partial charge in [-0.05, 0) is 6.07 Å². The van der Waals surface area contributed by atoms with Crippen LogP contribution in [0.4, 0.5) is 0 Å². The quantitative estimate of drug-likeness (QED) is 0.641. The summed E-state index contributed by atoms with van der Waals surface area (Å²) in [4.78, 5) is 27.7. The van der Waals surface area contributed by atoms with Crippen LogP contribution in [0.25, 0.3) is 0 Å². The van der Waals surface area contributed by atoms with Gasteiger partial charge in [-0.25, -0.2) is 9.78 Å². The minimum Gasteiger partial charge on any atom is -0.480 e. The highest BCUT2D eigenvalue weighted by Crippen LogP contribution is 2.30. The summed E-state index contributed by atoms with van der Waals surface area (Å²) in [6, 6.07) is 1.48. The van der Waals surface area contributed by atoms with Gasteiger partial charge in [-0.2, -0.15) is 0 Å². The van der Waals surface area contributed by atoms with Crippen molar-refractivity contribution in [1.82, 2.24) is 9.97 Å². The van der Waals surface area contributed by atoms with Gasteiger partial charge >= 0.3 is 11.7 Å². The van der Waals surface area contributed by atoms with Crippen molar-refractivity contribution >= 4 is 5.97 Å². The molecule has 0 atom stereocenters. The number of carboxylic acids is 1. The SMILES string of the molecule is O=C(O)C1(c2ccnc(=O)[nH]2)COC1. The molecule has 6 heteroatoms. The maximum Gasteiger partial charge on any atom is 0.345 e. The van der Waals surface area contributed by atoms with Crippen LogP contribution >= 0.6 is 0 Å². The molecular formula is C8H8N2O4. The lowest BCUT2D eigenvalue weighted by atomic mass is 9.82. The van der Waals surface area contributed by atoms with Gasteiger partial charge < -0.3 is 14.8 Å². The van der Waals surface area contributed by atoms with Gasteiger partial charge in [-0.3, -0.25) is 4.79 Å². The first-order valence-corrected chi connectivity index (χ1v) is 4.02. The number of nitrogens with zero attached hydrogens (tertiary/aromatic N) is 1. The van der Waals surface area contributed by atoms with Crippen LogP contribution in [0.1, 0.15) is 5.69 Å². The van der Waals surface area contributed by atoms with Crippen LogP contribution in [0.15, 0.2) is 17.1 Å². The number of rotatable bonds is 2. The molecule has 0 amide bonds. The zero-order valence-electron chi connectivity index (χ0n) is 7.19. The number of carboxylic acid groups (broad SMARTS) is 1. The average Bonchev–Trinajstić information content (AvgIpc) is 2.00. The molecule has 14 heavy (non-hydrogen) atoms. The molecule has 74 valence electrons. The predicted molar refractivity (Wildman–Crippen MR) is 45.0 cm³/mol. The molecule has 0 unspecified atom stereocenters. The third kappa shape index (κ3) is 1.12. The predicted octanol–water partition coefficient (Wildman–Crippen LogP) is -0.877. The van der Waals surface area contributed by atoms with Gasteiger partial charge in [0.1, 0.15) is 0 Å². The second-order valence-corrected chi connectivity index (χ2v) is 3.17. The number of hydrogen-bond acceptors (Lipinski definition) is 4. The Hall–Kier alpha value is -1.69. The molecule has 0 radical (unpaired) electrons. The van der Waals surface area contributed by atoms with Gasteiger partial charge in [0.05, 0.1) is 13.2 Å². The number of aromatic amines is 1. The highest BCUT2D eigenvalue weighted by molar-refractivity contribution is 5.82. The van der Waals surface area contributed by atoms with Crippen LogP contribution in [-0.4, -0.2) is 34.3 Å². The first-order chi connectivity index (χ1) is 6.65. The van der Waals surface area contributed by atoms with Crippen molar-refractivity contribution in [2.24, 2.45) is 0 Å². The molecule has 6 nitrogen and oxygen atoms in total. The third-order valence-electron chi connectivity index (χ3n) is 2.30. The van der Waals surface area contributed by atoms with Crippen molar-refractivity contribution in [1.29, 1.82) is 0 Å². The van der Waals surface area contributed by atoms with E-state index in [9.17, 15) is 9.59 Å². The smallest absolute Gasteiger partial charge is 0.345 e. The van der Waals surface area contributed by atoms with Crippen molar-refractivity contribution in [2.45, 2.75) is 5.41 Å². The monoisotopic (exact) mass is 196 g/mol. The van der Waals surface area contributed by atoms with Gasteiger partial charge in [0.25, 0.3) is 0 Å². The van der Waals surface area contributed by atoms with E-state index in [0.717, 1.165) is 0 Å². The lowest BCUT2D eigenvalue weighted by Crippen LogP contribution is -2.54. The summed E-state index contributed by atoms with van der Waals surface area (Å²) in [6.45, 7) is 0.171. The van der Waals surface area contributed by atoms with Crippen molar-refractivity contribution < 1.29 is 14.6 Å². The van der Waals surface area contributed by atoms with Crippen molar-refractivity contribution in [2.75, 3.05) is 13.2 Å². The maximum absolute atomic E-state index is 11.0. The number of H-pyrrole nitrogens is 1. The summed E-state index contributed by atoms with van der Waals surface area (Å²) in [6.07, 6.45) is 1.29. The van der Waals surface area contributed by atoms with Crippen LogP contribution in [-0.2, 0) is 14.9 Å². The fraction of sp³-hybridized carbons (Fsp3) is 0.375. The molecule has 0 spiro atoms. The zero-order valence-corrected chi connectivity index (χ0v) is 7.19. The Morgan fingerprint density at radius 3 is 2.79 bits per heavy atom. The van der Waals surface area contributed by atoms with Gasteiger partial charge in [0, 0.05) is 11.9 Å². The normalized spacial score (nSPS) is 18.6.